The fraction of sp³-hybridized carbons (Fsp3) is 0.400. The molecule has 0 atom stereocenters. The largest absolute Gasteiger partial charge is 0.298 e. The first-order chi connectivity index (χ1) is 25.7. The Kier molecular flexibility index (Phi) is 40.2. The third-order valence-electron chi connectivity index (χ3n) is 5.52. The van der Waals surface area contributed by atoms with Crippen molar-refractivity contribution in [1.82, 2.24) is 0 Å². The van der Waals surface area contributed by atoms with Crippen LogP contribution >= 0.6 is 34.8 Å². The van der Waals surface area contributed by atoms with Gasteiger partial charge in [0.15, 0.2) is 0 Å². The highest BCUT2D eigenvalue weighted by Gasteiger charge is 2.18. The minimum absolute atomic E-state index is 0.105. The van der Waals surface area contributed by atoms with E-state index in [0.717, 1.165) is 27.6 Å². The molecule has 9 nitrogen and oxygen atoms in total. The van der Waals surface area contributed by atoms with E-state index in [-0.39, 0.29) is 14.8 Å². The van der Waals surface area contributed by atoms with Gasteiger partial charge in [0.05, 0.1) is 37.5 Å². The molecular formula is C40H63Cl3O9S3. The van der Waals surface area contributed by atoms with Gasteiger partial charge in [-0.05, 0) is 69.2 Å². The van der Waals surface area contributed by atoms with Crippen LogP contribution in [0.25, 0.3) is 0 Å². The number of benzene rings is 4. The fourth-order valence-corrected chi connectivity index (χ4v) is 5.18. The van der Waals surface area contributed by atoms with Crippen molar-refractivity contribution in [3.63, 3.8) is 0 Å². The molecule has 0 heterocycles. The fourth-order valence-electron chi connectivity index (χ4n) is 2.85. The van der Waals surface area contributed by atoms with Crippen LogP contribution in [0, 0.1) is 27.7 Å². The molecule has 55 heavy (non-hydrogen) atoms. The van der Waals surface area contributed by atoms with E-state index >= 15 is 0 Å². The summed E-state index contributed by atoms with van der Waals surface area (Å²) >= 11 is 17.3. The van der Waals surface area contributed by atoms with E-state index in [4.69, 9.17) is 34.8 Å². The lowest BCUT2D eigenvalue weighted by Gasteiger charge is -2.06. The molecule has 0 amide bonds. The molecule has 316 valence electrons. The minimum atomic E-state index is -3.78. The van der Waals surface area contributed by atoms with E-state index in [2.05, 4.69) is 50.7 Å². The summed E-state index contributed by atoms with van der Waals surface area (Å²) in [5.41, 5.74) is 4.07. The zero-order valence-corrected chi connectivity index (χ0v) is 39.9. The van der Waals surface area contributed by atoms with Crippen molar-refractivity contribution in [2.24, 2.45) is 0 Å². The van der Waals surface area contributed by atoms with Crippen LogP contribution in [0.4, 0.5) is 0 Å². The molecule has 0 saturated carbocycles. The molecule has 4 aromatic carbocycles. The number of rotatable bonds is 5. The van der Waals surface area contributed by atoms with Crippen LogP contribution in [-0.2, 0) is 42.9 Å². The minimum Gasteiger partial charge on any atom is -0.274 e. The van der Waals surface area contributed by atoms with Gasteiger partial charge in [-0.15, -0.1) is 0 Å². The summed E-state index contributed by atoms with van der Waals surface area (Å²) in [6.45, 7) is 23.6. The van der Waals surface area contributed by atoms with E-state index in [9.17, 15) is 25.3 Å². The Bertz CT molecular complexity index is 1820. The molecule has 15 heteroatoms. The smallest absolute Gasteiger partial charge is 0.274 e. The van der Waals surface area contributed by atoms with E-state index in [1.165, 1.54) is 41.5 Å². The maximum Gasteiger partial charge on any atom is 0.298 e. The summed E-state index contributed by atoms with van der Waals surface area (Å²) in [6.07, 6.45) is 0.993. The normalized spacial score (nSPS) is 9.65. The van der Waals surface area contributed by atoms with E-state index in [1.54, 1.807) is 13.8 Å². The number of hydrogen-bond acceptors (Lipinski definition) is 9. The summed E-state index contributed by atoms with van der Waals surface area (Å²) in [5.74, 6) is 0. The predicted molar refractivity (Wildman–Crippen MR) is 235 cm³/mol. The van der Waals surface area contributed by atoms with Gasteiger partial charge < -0.3 is 0 Å². The maximum absolute atomic E-state index is 11.3. The summed E-state index contributed by atoms with van der Waals surface area (Å²) in [5, 5.41) is 0.980. The Labute approximate surface area is 349 Å². The SMILES string of the molecule is CC.CC.CC.CC.COS(=O)(=O)c1cc(Cl)c(C)cc1Cl.COS(=O)(=O)c1ccc(Cl)c(C)c1.COS(C)(=O)=O.Cc1ccccc1.Cc1ccccc1. The molecule has 0 spiro atoms. The summed E-state index contributed by atoms with van der Waals surface area (Å²) in [6, 6.07) is 27.7. The molecule has 0 N–H and O–H groups in total. The standard InChI is InChI=1S/C8H8Cl2O3S.C8H9ClO3S.2C7H8.C2H6O3S.4C2H6/c1-5-3-7(10)8(4-6(5)9)14(11,12)13-2;1-6-5-7(3-4-8(6)9)13(10,11)12-2;2*1-7-5-3-2-4-6-7;1-5-6(2,3)4;4*1-2/h3-4H,1-2H3;3-5H,1-2H3;2*2-6H,1H3;1-2H3;4*1-2H3. The topological polar surface area (TPSA) is 130 Å². The molecule has 0 radical (unpaired) electrons. The van der Waals surface area contributed by atoms with E-state index in [1.807, 2.05) is 91.8 Å². The van der Waals surface area contributed by atoms with Gasteiger partial charge in [0.25, 0.3) is 30.4 Å². The van der Waals surface area contributed by atoms with Gasteiger partial charge in [-0.3, -0.25) is 12.5 Å². The van der Waals surface area contributed by atoms with Gasteiger partial charge in [0.1, 0.15) is 4.90 Å². The van der Waals surface area contributed by atoms with Crippen molar-refractivity contribution in [3.8, 4) is 0 Å². The predicted octanol–water partition coefficient (Wildman–Crippen LogP) is 12.3. The molecule has 0 unspecified atom stereocenters. The van der Waals surface area contributed by atoms with Crippen LogP contribution in [0.2, 0.25) is 15.1 Å². The van der Waals surface area contributed by atoms with Crippen LogP contribution in [0.15, 0.2) is 101 Å². The molecule has 0 aliphatic rings. The molecule has 4 aromatic rings. The quantitative estimate of drug-likeness (QED) is 0.180. The second-order valence-corrected chi connectivity index (χ2v) is 15.7. The number of aryl methyl sites for hydroxylation is 4. The van der Waals surface area contributed by atoms with Crippen molar-refractivity contribution in [1.29, 1.82) is 0 Å². The van der Waals surface area contributed by atoms with Crippen molar-refractivity contribution in [2.45, 2.75) is 92.9 Å². The average molecular weight is 890 g/mol. The Morgan fingerprint density at radius 2 is 0.782 bits per heavy atom. The van der Waals surface area contributed by atoms with Gasteiger partial charge in [0, 0.05) is 10.0 Å². The van der Waals surface area contributed by atoms with Crippen LogP contribution in [0.5, 0.6) is 0 Å². The van der Waals surface area contributed by atoms with Crippen LogP contribution in [0.3, 0.4) is 0 Å². The summed E-state index contributed by atoms with van der Waals surface area (Å²) in [4.78, 5) is 0.00849. The molecule has 0 saturated heterocycles. The number of halogens is 3. The Balaban J connectivity index is -0.000000187. The third kappa shape index (κ3) is 31.3. The van der Waals surface area contributed by atoms with Gasteiger partial charge >= 0.3 is 0 Å². The van der Waals surface area contributed by atoms with Crippen molar-refractivity contribution in [3.05, 3.63) is 128 Å². The second kappa shape index (κ2) is 35.9. The van der Waals surface area contributed by atoms with E-state index in [0.29, 0.717) is 21.2 Å². The Morgan fingerprint density at radius 3 is 1.05 bits per heavy atom. The van der Waals surface area contributed by atoms with E-state index < -0.39 is 30.4 Å². The zero-order valence-electron chi connectivity index (χ0n) is 35.2. The molecule has 0 aliphatic heterocycles. The highest BCUT2D eigenvalue weighted by atomic mass is 35.5. The van der Waals surface area contributed by atoms with Crippen molar-refractivity contribution >= 4 is 65.2 Å². The highest BCUT2D eigenvalue weighted by Crippen LogP contribution is 2.29. The second-order valence-electron chi connectivity index (χ2n) is 9.36. The first-order valence-electron chi connectivity index (χ1n) is 17.3. The van der Waals surface area contributed by atoms with Crippen molar-refractivity contribution < 1.29 is 37.8 Å². The molecule has 0 aromatic heterocycles. The van der Waals surface area contributed by atoms with Gasteiger partial charge in [-0.25, -0.2) is 0 Å². The molecule has 0 bridgehead atoms. The van der Waals surface area contributed by atoms with Crippen LogP contribution in [0.1, 0.15) is 77.6 Å². The van der Waals surface area contributed by atoms with Crippen molar-refractivity contribution in [2.75, 3.05) is 27.6 Å². The number of hydrogen-bond donors (Lipinski definition) is 0. The average Bonchev–Trinajstić information content (AvgIpc) is 3.18. The van der Waals surface area contributed by atoms with Crippen LogP contribution in [-0.4, -0.2) is 52.8 Å². The van der Waals surface area contributed by atoms with Crippen LogP contribution < -0.4 is 0 Å². The lowest BCUT2D eigenvalue weighted by molar-refractivity contribution is 0.396. The molecule has 4 rings (SSSR count). The van der Waals surface area contributed by atoms with Gasteiger partial charge in [0.2, 0.25) is 0 Å². The summed E-state index contributed by atoms with van der Waals surface area (Å²) < 4.78 is 77.2. The lowest BCUT2D eigenvalue weighted by atomic mass is 10.2. The van der Waals surface area contributed by atoms with Gasteiger partial charge in [-0.1, -0.05) is 162 Å². The first kappa shape index (κ1) is 61.7. The lowest BCUT2D eigenvalue weighted by Crippen LogP contribution is -2.03. The maximum atomic E-state index is 11.3. The van der Waals surface area contributed by atoms with Gasteiger partial charge in [-0.2, -0.15) is 25.3 Å². The first-order valence-corrected chi connectivity index (χ1v) is 23.1. The monoisotopic (exact) mass is 888 g/mol. The Morgan fingerprint density at radius 1 is 0.436 bits per heavy atom. The highest BCUT2D eigenvalue weighted by molar-refractivity contribution is 7.87. The molecule has 0 fully saturated rings. The summed E-state index contributed by atoms with van der Waals surface area (Å²) in [7, 11) is -7.23. The molecule has 0 aliphatic carbocycles. The zero-order chi connectivity index (χ0) is 44.4. The third-order valence-corrected chi connectivity index (χ3v) is 9.97. The molecular weight excluding hydrogens is 827 g/mol. The Hall–Kier alpha value is -2.52.